The normalized spacial score (nSPS) is 9.31. The molecule has 1 aromatic rings. The van der Waals surface area contributed by atoms with Crippen molar-refractivity contribution < 1.29 is 0 Å². The van der Waals surface area contributed by atoms with Crippen LogP contribution in [-0.2, 0) is 0 Å². The van der Waals surface area contributed by atoms with Crippen LogP contribution >= 0.6 is 35.8 Å². The van der Waals surface area contributed by atoms with Gasteiger partial charge in [0.25, 0.3) is 0 Å². The second-order valence-corrected chi connectivity index (χ2v) is 3.94. The number of nitrogens with two attached hydrogens (primary N) is 1. The summed E-state index contributed by atoms with van der Waals surface area (Å²) in [6.07, 6.45) is 1.03. The molecule has 74 valence electrons. The van der Waals surface area contributed by atoms with Gasteiger partial charge in [-0.05, 0) is 24.3 Å². The molecule has 2 N–H and O–H groups in total. The molecule has 0 spiro atoms. The molecule has 0 aliphatic carbocycles. The first-order chi connectivity index (χ1) is 5.84. The molecule has 0 saturated heterocycles. The van der Waals surface area contributed by atoms with E-state index in [9.17, 15) is 0 Å². The van der Waals surface area contributed by atoms with Crippen molar-refractivity contribution in [3.05, 3.63) is 24.3 Å². The minimum absolute atomic E-state index is 0. The van der Waals surface area contributed by atoms with Gasteiger partial charge in [0.1, 0.15) is 0 Å². The molecular formula is C9H13Cl2NS. The summed E-state index contributed by atoms with van der Waals surface area (Å²) in [6.45, 7) is 0. The number of benzene rings is 1. The standard InChI is InChI=1S/C9H12ClNS.ClH/c10-6-3-7-12-9-5-2-1-4-8(9)11;/h1-2,4-5H,3,6-7,11H2;1H. The van der Waals surface area contributed by atoms with Gasteiger partial charge >= 0.3 is 0 Å². The Kier molecular flexibility index (Phi) is 7.33. The fourth-order valence-corrected chi connectivity index (χ4v) is 2.06. The summed E-state index contributed by atoms with van der Waals surface area (Å²) in [4.78, 5) is 1.16. The minimum atomic E-state index is 0. The summed E-state index contributed by atoms with van der Waals surface area (Å²) in [6, 6.07) is 7.90. The number of halogens is 2. The zero-order chi connectivity index (χ0) is 8.81. The molecule has 13 heavy (non-hydrogen) atoms. The average Bonchev–Trinajstić information content (AvgIpc) is 2.09. The van der Waals surface area contributed by atoms with Gasteiger partial charge < -0.3 is 5.73 Å². The van der Waals surface area contributed by atoms with Gasteiger partial charge in [0.2, 0.25) is 0 Å². The Labute approximate surface area is 94.4 Å². The lowest BCUT2D eigenvalue weighted by molar-refractivity contribution is 1.11. The molecule has 0 atom stereocenters. The second-order valence-electron chi connectivity index (χ2n) is 2.43. The van der Waals surface area contributed by atoms with Crippen LogP contribution in [0.15, 0.2) is 29.2 Å². The Morgan fingerprint density at radius 1 is 1.31 bits per heavy atom. The molecule has 0 aromatic heterocycles. The number of anilines is 1. The predicted molar refractivity (Wildman–Crippen MR) is 64.2 cm³/mol. The molecule has 1 aromatic carbocycles. The smallest absolute Gasteiger partial charge is 0.0452 e. The van der Waals surface area contributed by atoms with Crippen LogP contribution in [0.25, 0.3) is 0 Å². The highest BCUT2D eigenvalue weighted by atomic mass is 35.5. The summed E-state index contributed by atoms with van der Waals surface area (Å²) in [5.41, 5.74) is 6.61. The largest absolute Gasteiger partial charge is 0.398 e. The number of nitrogen functional groups attached to an aromatic ring is 1. The molecule has 4 heteroatoms. The van der Waals surface area contributed by atoms with E-state index in [0.717, 1.165) is 28.6 Å². The van der Waals surface area contributed by atoms with E-state index in [0.29, 0.717) is 0 Å². The summed E-state index contributed by atoms with van der Waals surface area (Å²) in [5, 5.41) is 0. The van der Waals surface area contributed by atoms with E-state index >= 15 is 0 Å². The third kappa shape index (κ3) is 4.65. The summed E-state index contributed by atoms with van der Waals surface area (Å²) >= 11 is 7.33. The van der Waals surface area contributed by atoms with E-state index in [1.807, 2.05) is 24.3 Å². The zero-order valence-corrected chi connectivity index (χ0v) is 9.59. The zero-order valence-electron chi connectivity index (χ0n) is 7.20. The molecule has 0 aliphatic rings. The van der Waals surface area contributed by atoms with Crippen LogP contribution in [0.1, 0.15) is 6.42 Å². The highest BCUT2D eigenvalue weighted by Crippen LogP contribution is 2.24. The number of thioether (sulfide) groups is 1. The molecule has 0 radical (unpaired) electrons. The molecular weight excluding hydrogens is 225 g/mol. The predicted octanol–water partition coefficient (Wildman–Crippen LogP) is 3.41. The van der Waals surface area contributed by atoms with E-state index in [2.05, 4.69) is 0 Å². The van der Waals surface area contributed by atoms with Gasteiger partial charge in [-0.2, -0.15) is 0 Å². The maximum absolute atomic E-state index is 5.75. The molecule has 0 heterocycles. The van der Waals surface area contributed by atoms with Crippen molar-refractivity contribution in [3.8, 4) is 0 Å². The third-order valence-electron chi connectivity index (χ3n) is 1.45. The van der Waals surface area contributed by atoms with E-state index in [1.54, 1.807) is 11.8 Å². The number of hydrogen-bond acceptors (Lipinski definition) is 2. The Morgan fingerprint density at radius 3 is 2.62 bits per heavy atom. The lowest BCUT2D eigenvalue weighted by Crippen LogP contribution is -1.88. The van der Waals surface area contributed by atoms with Gasteiger partial charge in [0.05, 0.1) is 0 Å². The van der Waals surface area contributed by atoms with E-state index in [1.165, 1.54) is 0 Å². The van der Waals surface area contributed by atoms with Gasteiger partial charge in [-0.1, -0.05) is 12.1 Å². The van der Waals surface area contributed by atoms with Gasteiger partial charge in [-0.15, -0.1) is 35.8 Å². The van der Waals surface area contributed by atoms with Crippen LogP contribution in [0, 0.1) is 0 Å². The average molecular weight is 238 g/mol. The first kappa shape index (κ1) is 12.9. The fourth-order valence-electron chi connectivity index (χ4n) is 0.849. The minimum Gasteiger partial charge on any atom is -0.398 e. The number of rotatable bonds is 4. The van der Waals surface area contributed by atoms with E-state index in [-0.39, 0.29) is 12.4 Å². The molecule has 0 amide bonds. The van der Waals surface area contributed by atoms with Crippen molar-refractivity contribution >= 4 is 41.5 Å². The third-order valence-corrected chi connectivity index (χ3v) is 2.90. The van der Waals surface area contributed by atoms with Gasteiger partial charge in [0, 0.05) is 16.5 Å². The molecule has 0 aliphatic heterocycles. The van der Waals surface area contributed by atoms with Gasteiger partial charge in [-0.25, -0.2) is 0 Å². The highest BCUT2D eigenvalue weighted by molar-refractivity contribution is 7.99. The van der Waals surface area contributed by atoms with Crippen LogP contribution < -0.4 is 5.73 Å². The summed E-state index contributed by atoms with van der Waals surface area (Å²) in [7, 11) is 0. The van der Waals surface area contributed by atoms with E-state index in [4.69, 9.17) is 17.3 Å². The van der Waals surface area contributed by atoms with Crippen molar-refractivity contribution in [3.63, 3.8) is 0 Å². The molecule has 1 nitrogen and oxygen atoms in total. The lowest BCUT2D eigenvalue weighted by Gasteiger charge is -2.02. The van der Waals surface area contributed by atoms with Crippen LogP contribution in [0.3, 0.4) is 0 Å². The Balaban J connectivity index is 0.00000144. The Morgan fingerprint density at radius 2 is 2.00 bits per heavy atom. The molecule has 0 fully saturated rings. The van der Waals surface area contributed by atoms with E-state index < -0.39 is 0 Å². The summed E-state index contributed by atoms with van der Waals surface area (Å²) in [5.74, 6) is 1.76. The van der Waals surface area contributed by atoms with Crippen LogP contribution in [0.4, 0.5) is 5.69 Å². The topological polar surface area (TPSA) is 26.0 Å². The molecule has 0 bridgehead atoms. The molecule has 0 saturated carbocycles. The Hall–Kier alpha value is -0.0500. The Bertz CT molecular complexity index is 243. The monoisotopic (exact) mass is 237 g/mol. The van der Waals surface area contributed by atoms with Crippen LogP contribution in [-0.4, -0.2) is 11.6 Å². The lowest BCUT2D eigenvalue weighted by atomic mass is 10.3. The van der Waals surface area contributed by atoms with Crippen molar-refractivity contribution in [1.82, 2.24) is 0 Å². The SMILES string of the molecule is Cl.Nc1ccccc1SCCCCl. The summed E-state index contributed by atoms with van der Waals surface area (Å²) < 4.78 is 0. The fraction of sp³-hybridized carbons (Fsp3) is 0.333. The quantitative estimate of drug-likeness (QED) is 0.376. The molecule has 1 rings (SSSR count). The van der Waals surface area contributed by atoms with Crippen molar-refractivity contribution in [2.75, 3.05) is 17.4 Å². The maximum atomic E-state index is 5.75. The maximum Gasteiger partial charge on any atom is 0.0452 e. The second kappa shape index (κ2) is 7.36. The van der Waals surface area contributed by atoms with Gasteiger partial charge in [0.15, 0.2) is 0 Å². The molecule has 0 unspecified atom stereocenters. The van der Waals surface area contributed by atoms with Crippen LogP contribution in [0.5, 0.6) is 0 Å². The van der Waals surface area contributed by atoms with Gasteiger partial charge in [-0.3, -0.25) is 0 Å². The van der Waals surface area contributed by atoms with Crippen molar-refractivity contribution in [1.29, 1.82) is 0 Å². The first-order valence-corrected chi connectivity index (χ1v) is 5.40. The number of hydrogen-bond donors (Lipinski definition) is 1. The van der Waals surface area contributed by atoms with Crippen molar-refractivity contribution in [2.24, 2.45) is 0 Å². The first-order valence-electron chi connectivity index (χ1n) is 3.88. The van der Waals surface area contributed by atoms with Crippen molar-refractivity contribution in [2.45, 2.75) is 11.3 Å². The van der Waals surface area contributed by atoms with Crippen LogP contribution in [0.2, 0.25) is 0 Å². The number of alkyl halides is 1. The highest BCUT2D eigenvalue weighted by Gasteiger charge is 1.96. The number of para-hydroxylation sites is 1.